The van der Waals surface area contributed by atoms with E-state index in [-0.39, 0.29) is 12.0 Å². The number of carboxylic acid groups (broad SMARTS) is 1. The highest BCUT2D eigenvalue weighted by Gasteiger charge is 2.16. The maximum absolute atomic E-state index is 10.2. The van der Waals surface area contributed by atoms with Crippen LogP contribution in [0.4, 0.5) is 4.79 Å². The lowest BCUT2D eigenvalue weighted by Gasteiger charge is -2.22. The van der Waals surface area contributed by atoms with Gasteiger partial charge in [0.15, 0.2) is 0 Å². The molecule has 17 heavy (non-hydrogen) atoms. The summed E-state index contributed by atoms with van der Waals surface area (Å²) in [5.74, 6) is 0. The van der Waals surface area contributed by atoms with Gasteiger partial charge in [-0.05, 0) is 29.4 Å². The van der Waals surface area contributed by atoms with Gasteiger partial charge in [0, 0.05) is 0 Å². The van der Waals surface area contributed by atoms with E-state index in [1.165, 1.54) is 11.1 Å². The van der Waals surface area contributed by atoms with Crippen molar-refractivity contribution in [3.8, 4) is 0 Å². The van der Waals surface area contributed by atoms with E-state index in [1.54, 1.807) is 0 Å². The van der Waals surface area contributed by atoms with E-state index in [9.17, 15) is 4.79 Å². The molecule has 0 spiro atoms. The summed E-state index contributed by atoms with van der Waals surface area (Å²) in [7, 11) is 0. The second kappa shape index (κ2) is 5.71. The molecule has 0 unspecified atom stereocenters. The average Bonchev–Trinajstić information content (AvgIpc) is 2.23. The Balaban J connectivity index is 2.62. The lowest BCUT2D eigenvalue weighted by Crippen LogP contribution is -2.14. The second-order valence-corrected chi connectivity index (χ2v) is 5.13. The van der Waals surface area contributed by atoms with Crippen molar-refractivity contribution in [1.29, 1.82) is 0 Å². The molecule has 0 saturated carbocycles. The Morgan fingerprint density at radius 1 is 1.29 bits per heavy atom. The summed E-state index contributed by atoms with van der Waals surface area (Å²) in [4.78, 5) is 10.2. The molecule has 3 nitrogen and oxygen atoms in total. The molecule has 0 aliphatic carbocycles. The quantitative estimate of drug-likeness (QED) is 0.641. The molecule has 0 saturated heterocycles. The van der Waals surface area contributed by atoms with Crippen molar-refractivity contribution >= 4 is 6.16 Å². The summed E-state index contributed by atoms with van der Waals surface area (Å²) in [5, 5.41) is 8.37. The summed E-state index contributed by atoms with van der Waals surface area (Å²) < 4.78 is 4.51. The lowest BCUT2D eigenvalue weighted by molar-refractivity contribution is 0.0907. The molecule has 0 bridgehead atoms. The van der Waals surface area contributed by atoms with Gasteiger partial charge in [0.2, 0.25) is 0 Å². The third-order valence-corrected chi connectivity index (χ3v) is 2.64. The number of hydrogen-bond donors (Lipinski definition) is 1. The van der Waals surface area contributed by atoms with Crippen LogP contribution in [0.15, 0.2) is 24.3 Å². The maximum atomic E-state index is 10.2. The fourth-order valence-electron chi connectivity index (χ4n) is 1.89. The van der Waals surface area contributed by atoms with Crippen molar-refractivity contribution in [3.05, 3.63) is 35.4 Å². The topological polar surface area (TPSA) is 46.5 Å². The SMILES string of the molecule is CC(C)(C)c1ccccc1CCCOC(=O)O. The molecule has 0 aromatic heterocycles. The van der Waals surface area contributed by atoms with Gasteiger partial charge in [-0.1, -0.05) is 45.0 Å². The van der Waals surface area contributed by atoms with Crippen LogP contribution in [0, 0.1) is 0 Å². The first-order chi connectivity index (χ1) is 7.91. The summed E-state index contributed by atoms with van der Waals surface area (Å²) in [6.07, 6.45) is 0.370. The number of hydrogen-bond acceptors (Lipinski definition) is 2. The van der Waals surface area contributed by atoms with Gasteiger partial charge in [0.1, 0.15) is 0 Å². The zero-order valence-electron chi connectivity index (χ0n) is 10.7. The van der Waals surface area contributed by atoms with Crippen molar-refractivity contribution in [3.63, 3.8) is 0 Å². The number of carbonyl (C=O) groups is 1. The summed E-state index contributed by atoms with van der Waals surface area (Å²) in [5.41, 5.74) is 2.70. The number of ether oxygens (including phenoxy) is 1. The highest BCUT2D eigenvalue weighted by atomic mass is 16.7. The van der Waals surface area contributed by atoms with Crippen LogP contribution in [0.25, 0.3) is 0 Å². The Kier molecular flexibility index (Phi) is 4.55. The first kappa shape index (κ1) is 13.6. The second-order valence-electron chi connectivity index (χ2n) is 5.13. The molecule has 94 valence electrons. The van der Waals surface area contributed by atoms with Crippen LogP contribution in [-0.2, 0) is 16.6 Å². The zero-order chi connectivity index (χ0) is 12.9. The third kappa shape index (κ3) is 4.47. The minimum Gasteiger partial charge on any atom is -0.450 e. The minimum atomic E-state index is -1.20. The van der Waals surface area contributed by atoms with Gasteiger partial charge in [-0.25, -0.2) is 4.79 Å². The Morgan fingerprint density at radius 2 is 1.94 bits per heavy atom. The molecular weight excluding hydrogens is 216 g/mol. The van der Waals surface area contributed by atoms with Crippen LogP contribution < -0.4 is 0 Å². The predicted molar refractivity (Wildman–Crippen MR) is 67.4 cm³/mol. The molecule has 0 fully saturated rings. The molecule has 0 aliphatic heterocycles. The summed E-state index contributed by atoms with van der Waals surface area (Å²) in [6.45, 7) is 6.80. The Hall–Kier alpha value is -1.51. The van der Waals surface area contributed by atoms with Gasteiger partial charge in [0.25, 0.3) is 0 Å². The number of rotatable bonds is 4. The van der Waals surface area contributed by atoms with Crippen molar-refractivity contribution in [2.75, 3.05) is 6.61 Å². The van der Waals surface area contributed by atoms with Crippen LogP contribution in [0.2, 0.25) is 0 Å². The molecule has 1 rings (SSSR count). The van der Waals surface area contributed by atoms with Crippen molar-refractivity contribution in [2.45, 2.75) is 39.0 Å². The fraction of sp³-hybridized carbons (Fsp3) is 0.500. The third-order valence-electron chi connectivity index (χ3n) is 2.64. The van der Waals surface area contributed by atoms with E-state index in [4.69, 9.17) is 5.11 Å². The largest absolute Gasteiger partial charge is 0.505 e. The number of aryl methyl sites for hydroxylation is 1. The number of benzene rings is 1. The van der Waals surface area contributed by atoms with Crippen LogP contribution in [0.1, 0.15) is 38.3 Å². The van der Waals surface area contributed by atoms with Crippen molar-refractivity contribution < 1.29 is 14.6 Å². The van der Waals surface area contributed by atoms with Gasteiger partial charge in [-0.3, -0.25) is 0 Å². The first-order valence-corrected chi connectivity index (χ1v) is 5.85. The van der Waals surface area contributed by atoms with E-state index in [2.05, 4.69) is 37.6 Å². The van der Waals surface area contributed by atoms with Gasteiger partial charge in [0.05, 0.1) is 6.61 Å². The lowest BCUT2D eigenvalue weighted by atomic mass is 9.83. The molecule has 0 aliphatic rings. The Morgan fingerprint density at radius 3 is 2.53 bits per heavy atom. The van der Waals surface area contributed by atoms with Gasteiger partial charge < -0.3 is 9.84 Å². The maximum Gasteiger partial charge on any atom is 0.505 e. The molecule has 3 heteroatoms. The molecule has 1 N–H and O–H groups in total. The van der Waals surface area contributed by atoms with Crippen LogP contribution in [-0.4, -0.2) is 17.9 Å². The Bertz CT molecular complexity index is 377. The molecule has 1 aromatic rings. The van der Waals surface area contributed by atoms with Crippen molar-refractivity contribution in [1.82, 2.24) is 0 Å². The molecule has 0 amide bonds. The van der Waals surface area contributed by atoms with E-state index in [0.717, 1.165) is 12.8 Å². The summed E-state index contributed by atoms with van der Waals surface area (Å²) in [6, 6.07) is 8.29. The molecule has 1 aromatic carbocycles. The van der Waals surface area contributed by atoms with Crippen LogP contribution in [0.5, 0.6) is 0 Å². The van der Waals surface area contributed by atoms with Crippen LogP contribution in [0.3, 0.4) is 0 Å². The van der Waals surface area contributed by atoms with Crippen molar-refractivity contribution in [2.24, 2.45) is 0 Å². The van der Waals surface area contributed by atoms with Gasteiger partial charge in [-0.15, -0.1) is 0 Å². The standard InChI is InChI=1S/C14H20O3/c1-14(2,3)12-9-5-4-7-11(12)8-6-10-17-13(15)16/h4-5,7,9H,6,8,10H2,1-3H3,(H,15,16). The van der Waals surface area contributed by atoms with E-state index < -0.39 is 6.16 Å². The Labute approximate surface area is 102 Å². The fourth-order valence-corrected chi connectivity index (χ4v) is 1.89. The highest BCUT2D eigenvalue weighted by molar-refractivity contribution is 5.56. The molecular formula is C14H20O3. The monoisotopic (exact) mass is 236 g/mol. The van der Waals surface area contributed by atoms with E-state index in [1.807, 2.05) is 12.1 Å². The highest BCUT2D eigenvalue weighted by Crippen LogP contribution is 2.26. The van der Waals surface area contributed by atoms with E-state index in [0.29, 0.717) is 0 Å². The van der Waals surface area contributed by atoms with Gasteiger partial charge in [-0.2, -0.15) is 0 Å². The van der Waals surface area contributed by atoms with Crippen LogP contribution >= 0.6 is 0 Å². The minimum absolute atomic E-state index is 0.115. The van der Waals surface area contributed by atoms with Gasteiger partial charge >= 0.3 is 6.16 Å². The molecule has 0 heterocycles. The first-order valence-electron chi connectivity index (χ1n) is 5.85. The van der Waals surface area contributed by atoms with E-state index >= 15 is 0 Å². The smallest absolute Gasteiger partial charge is 0.450 e. The molecule has 0 radical (unpaired) electrons. The average molecular weight is 236 g/mol. The summed E-state index contributed by atoms with van der Waals surface area (Å²) >= 11 is 0. The zero-order valence-corrected chi connectivity index (χ0v) is 10.7. The normalized spacial score (nSPS) is 11.2. The molecule has 0 atom stereocenters. The predicted octanol–water partition coefficient (Wildman–Crippen LogP) is 3.61.